The van der Waals surface area contributed by atoms with Gasteiger partial charge < -0.3 is 10.1 Å². The molecule has 1 N–H and O–H groups in total. The molecule has 0 radical (unpaired) electrons. The first-order valence-corrected chi connectivity index (χ1v) is 9.99. The summed E-state index contributed by atoms with van der Waals surface area (Å²) in [7, 11) is -2.05. The number of hydrogen-bond acceptors (Lipinski definition) is 4. The third-order valence-electron chi connectivity index (χ3n) is 4.12. The van der Waals surface area contributed by atoms with E-state index >= 15 is 0 Å². The van der Waals surface area contributed by atoms with Gasteiger partial charge in [0.05, 0.1) is 19.9 Å². The minimum absolute atomic E-state index is 0.0587. The highest BCUT2D eigenvalue weighted by Crippen LogP contribution is 2.20. The third-order valence-corrected chi connectivity index (χ3v) is 5.32. The van der Waals surface area contributed by atoms with Crippen molar-refractivity contribution in [3.05, 3.63) is 59.2 Å². The molecule has 26 heavy (non-hydrogen) atoms. The van der Waals surface area contributed by atoms with Crippen LogP contribution in [0.3, 0.4) is 0 Å². The highest BCUT2D eigenvalue weighted by Gasteiger charge is 2.22. The first kappa shape index (κ1) is 19.9. The van der Waals surface area contributed by atoms with E-state index in [1.807, 2.05) is 26.0 Å². The van der Waals surface area contributed by atoms with Crippen LogP contribution >= 0.6 is 0 Å². The number of aryl methyl sites for hydroxylation is 2. The van der Waals surface area contributed by atoms with E-state index in [0.717, 1.165) is 21.7 Å². The zero-order valence-corrected chi connectivity index (χ0v) is 16.3. The number of sulfonamides is 1. The van der Waals surface area contributed by atoms with Crippen LogP contribution in [0.25, 0.3) is 0 Å². The quantitative estimate of drug-likeness (QED) is 0.806. The van der Waals surface area contributed by atoms with Crippen LogP contribution in [0.15, 0.2) is 42.5 Å². The number of para-hydroxylation sites is 1. The van der Waals surface area contributed by atoms with Crippen LogP contribution in [0, 0.1) is 13.8 Å². The predicted molar refractivity (Wildman–Crippen MR) is 103 cm³/mol. The maximum Gasteiger partial charge on any atom is 0.239 e. The lowest BCUT2D eigenvalue weighted by Crippen LogP contribution is -2.37. The van der Waals surface area contributed by atoms with Crippen molar-refractivity contribution < 1.29 is 17.9 Å². The smallest absolute Gasteiger partial charge is 0.239 e. The van der Waals surface area contributed by atoms with E-state index in [9.17, 15) is 13.2 Å². The SMILES string of the molecule is COc1ccccc1CN(CC(=O)Nc1ccc(C)c(C)c1)S(C)(=O)=O. The lowest BCUT2D eigenvalue weighted by Gasteiger charge is -2.21. The molecule has 0 heterocycles. The zero-order chi connectivity index (χ0) is 19.3. The predicted octanol–water partition coefficient (Wildman–Crippen LogP) is 2.71. The monoisotopic (exact) mass is 376 g/mol. The summed E-state index contributed by atoms with van der Waals surface area (Å²) in [5.74, 6) is 0.185. The molecule has 7 heteroatoms. The number of amides is 1. The molecule has 0 atom stereocenters. The van der Waals surface area contributed by atoms with Crippen LogP contribution in [0.1, 0.15) is 16.7 Å². The lowest BCUT2D eigenvalue weighted by atomic mass is 10.1. The van der Waals surface area contributed by atoms with Crippen LogP contribution in [-0.2, 0) is 21.4 Å². The number of hydrogen-bond donors (Lipinski definition) is 1. The fourth-order valence-electron chi connectivity index (χ4n) is 2.49. The molecule has 0 fully saturated rings. The Morgan fingerprint density at radius 1 is 1.12 bits per heavy atom. The van der Waals surface area contributed by atoms with Gasteiger partial charge in [0.2, 0.25) is 15.9 Å². The average molecular weight is 376 g/mol. The molecule has 0 saturated carbocycles. The number of carbonyl (C=O) groups excluding carboxylic acids is 1. The standard InChI is InChI=1S/C19H24N2O4S/c1-14-9-10-17(11-15(14)2)20-19(22)13-21(26(4,23)24)12-16-7-5-6-8-18(16)25-3/h5-11H,12-13H2,1-4H3,(H,20,22). The van der Waals surface area contributed by atoms with Gasteiger partial charge in [0.25, 0.3) is 0 Å². The van der Waals surface area contributed by atoms with E-state index in [1.54, 1.807) is 30.3 Å². The van der Waals surface area contributed by atoms with Gasteiger partial charge in [-0.2, -0.15) is 4.31 Å². The summed E-state index contributed by atoms with van der Waals surface area (Å²) in [5, 5.41) is 2.75. The Morgan fingerprint density at radius 3 is 2.42 bits per heavy atom. The summed E-state index contributed by atoms with van der Waals surface area (Å²) in [6, 6.07) is 12.7. The molecule has 0 spiro atoms. The minimum Gasteiger partial charge on any atom is -0.496 e. The van der Waals surface area contributed by atoms with Gasteiger partial charge in [-0.25, -0.2) is 8.42 Å². The van der Waals surface area contributed by atoms with Gasteiger partial charge in [0.15, 0.2) is 0 Å². The molecule has 0 aromatic heterocycles. The summed E-state index contributed by atoms with van der Waals surface area (Å²) >= 11 is 0. The van der Waals surface area contributed by atoms with Crippen molar-refractivity contribution in [2.24, 2.45) is 0 Å². The van der Waals surface area contributed by atoms with Crippen molar-refractivity contribution >= 4 is 21.6 Å². The molecule has 6 nitrogen and oxygen atoms in total. The minimum atomic E-state index is -3.57. The third kappa shape index (κ3) is 5.31. The molecular weight excluding hydrogens is 352 g/mol. The summed E-state index contributed by atoms with van der Waals surface area (Å²) in [5.41, 5.74) is 3.51. The van der Waals surface area contributed by atoms with E-state index in [4.69, 9.17) is 4.74 Å². The van der Waals surface area contributed by atoms with Crippen LogP contribution < -0.4 is 10.1 Å². The number of benzene rings is 2. The van der Waals surface area contributed by atoms with Crippen LogP contribution in [-0.4, -0.2) is 38.5 Å². The second-order valence-electron chi connectivity index (χ2n) is 6.19. The largest absolute Gasteiger partial charge is 0.496 e. The normalized spacial score (nSPS) is 11.4. The van der Waals surface area contributed by atoms with Crippen molar-refractivity contribution in [3.63, 3.8) is 0 Å². The fraction of sp³-hybridized carbons (Fsp3) is 0.316. The average Bonchev–Trinajstić information content (AvgIpc) is 2.57. The second-order valence-corrected chi connectivity index (χ2v) is 8.17. The molecule has 140 valence electrons. The molecule has 2 aromatic carbocycles. The number of ether oxygens (including phenoxy) is 1. The maximum absolute atomic E-state index is 12.4. The first-order chi connectivity index (χ1) is 12.2. The van der Waals surface area contributed by atoms with Crippen molar-refractivity contribution in [1.82, 2.24) is 4.31 Å². The summed E-state index contributed by atoms with van der Waals surface area (Å²) in [6.07, 6.45) is 1.09. The van der Waals surface area contributed by atoms with Crippen LogP contribution in [0.4, 0.5) is 5.69 Å². The topological polar surface area (TPSA) is 75.7 Å². The molecule has 1 amide bonds. The van der Waals surface area contributed by atoms with Gasteiger partial charge in [-0.1, -0.05) is 24.3 Å². The summed E-state index contributed by atoms with van der Waals surface area (Å²) in [4.78, 5) is 12.4. The van der Waals surface area contributed by atoms with Gasteiger partial charge in [0.1, 0.15) is 5.75 Å². The van der Waals surface area contributed by atoms with E-state index in [1.165, 1.54) is 7.11 Å². The molecule has 0 aliphatic carbocycles. The summed E-state index contributed by atoms with van der Waals surface area (Å²) < 4.78 is 30.6. The second kappa shape index (κ2) is 8.33. The number of rotatable bonds is 7. The Kier molecular flexibility index (Phi) is 6.39. The Hall–Kier alpha value is -2.38. The molecule has 2 aromatic rings. The van der Waals surface area contributed by atoms with Crippen molar-refractivity contribution in [1.29, 1.82) is 0 Å². The number of carbonyl (C=O) groups is 1. The molecule has 2 rings (SSSR count). The van der Waals surface area contributed by atoms with E-state index in [2.05, 4.69) is 5.32 Å². The van der Waals surface area contributed by atoms with Gasteiger partial charge in [0, 0.05) is 17.8 Å². The van der Waals surface area contributed by atoms with Crippen LogP contribution in [0.2, 0.25) is 0 Å². The Balaban J connectivity index is 2.15. The molecule has 0 saturated heterocycles. The molecule has 0 bridgehead atoms. The number of anilines is 1. The Bertz CT molecular complexity index is 894. The van der Waals surface area contributed by atoms with Crippen molar-refractivity contribution in [2.45, 2.75) is 20.4 Å². The fourth-order valence-corrected chi connectivity index (χ4v) is 3.22. The maximum atomic E-state index is 12.4. The molecule has 0 aliphatic heterocycles. The van der Waals surface area contributed by atoms with Gasteiger partial charge in [-0.3, -0.25) is 4.79 Å². The molecule has 0 unspecified atom stereocenters. The number of methoxy groups -OCH3 is 1. The number of nitrogens with one attached hydrogen (secondary N) is 1. The van der Waals surface area contributed by atoms with Gasteiger partial charge in [-0.15, -0.1) is 0 Å². The number of nitrogens with zero attached hydrogens (tertiary/aromatic N) is 1. The van der Waals surface area contributed by atoms with E-state index in [-0.39, 0.29) is 13.1 Å². The first-order valence-electron chi connectivity index (χ1n) is 8.15. The Labute approximate surface area is 154 Å². The lowest BCUT2D eigenvalue weighted by molar-refractivity contribution is -0.116. The highest BCUT2D eigenvalue weighted by atomic mass is 32.2. The zero-order valence-electron chi connectivity index (χ0n) is 15.4. The van der Waals surface area contributed by atoms with Crippen molar-refractivity contribution in [3.8, 4) is 5.75 Å². The van der Waals surface area contributed by atoms with Crippen molar-refractivity contribution in [2.75, 3.05) is 25.2 Å². The van der Waals surface area contributed by atoms with E-state index in [0.29, 0.717) is 17.0 Å². The van der Waals surface area contributed by atoms with Gasteiger partial charge >= 0.3 is 0 Å². The molecular formula is C19H24N2O4S. The Morgan fingerprint density at radius 2 is 1.81 bits per heavy atom. The highest BCUT2D eigenvalue weighted by molar-refractivity contribution is 7.88. The molecule has 0 aliphatic rings. The summed E-state index contributed by atoms with van der Waals surface area (Å²) in [6.45, 7) is 3.72. The van der Waals surface area contributed by atoms with E-state index < -0.39 is 15.9 Å². The van der Waals surface area contributed by atoms with Crippen LogP contribution in [0.5, 0.6) is 5.75 Å². The van der Waals surface area contributed by atoms with Gasteiger partial charge in [-0.05, 0) is 43.2 Å².